The molecule has 1 amide bonds. The van der Waals surface area contributed by atoms with E-state index >= 15 is 0 Å². The number of hydrogen-bond acceptors (Lipinski definition) is 4. The van der Waals surface area contributed by atoms with Gasteiger partial charge in [-0.3, -0.25) is 4.79 Å². The Kier molecular flexibility index (Phi) is 6.18. The first-order valence-corrected chi connectivity index (χ1v) is 10.3. The number of nitrogens with zero attached hydrogens (tertiary/aromatic N) is 1. The van der Waals surface area contributed by atoms with Gasteiger partial charge in [0.1, 0.15) is 4.90 Å². The minimum atomic E-state index is -4.59. The summed E-state index contributed by atoms with van der Waals surface area (Å²) in [7, 11) is -3.92. The number of nitrogens with one attached hydrogen (secondary N) is 1. The van der Waals surface area contributed by atoms with Gasteiger partial charge in [-0.25, -0.2) is 8.42 Å². The Labute approximate surface area is 170 Å². The van der Waals surface area contributed by atoms with Gasteiger partial charge in [0.25, 0.3) is 5.91 Å². The van der Waals surface area contributed by atoms with Crippen molar-refractivity contribution < 1.29 is 31.1 Å². The highest BCUT2D eigenvalue weighted by Crippen LogP contribution is 2.31. The SMILES string of the molecule is O=C(Nc1ccc(Cl)c(S(=O)(=O)N2CCOCC2)c1)c1cccc(C(F)(F)F)c1. The molecule has 1 N–H and O–H groups in total. The van der Waals surface area contributed by atoms with Crippen molar-refractivity contribution in [3.8, 4) is 0 Å². The summed E-state index contributed by atoms with van der Waals surface area (Å²) in [4.78, 5) is 12.1. The molecule has 29 heavy (non-hydrogen) atoms. The van der Waals surface area contributed by atoms with Crippen molar-refractivity contribution in [3.63, 3.8) is 0 Å². The zero-order valence-electron chi connectivity index (χ0n) is 14.9. The smallest absolute Gasteiger partial charge is 0.379 e. The Morgan fingerprint density at radius 2 is 1.79 bits per heavy atom. The van der Waals surface area contributed by atoms with Gasteiger partial charge >= 0.3 is 6.18 Å². The minimum Gasteiger partial charge on any atom is -0.379 e. The molecule has 1 aliphatic rings. The van der Waals surface area contributed by atoms with Crippen molar-refractivity contribution in [1.82, 2.24) is 4.31 Å². The van der Waals surface area contributed by atoms with Crippen LogP contribution in [0.25, 0.3) is 0 Å². The third kappa shape index (κ3) is 4.89. The summed E-state index contributed by atoms with van der Waals surface area (Å²) in [5, 5.41) is 2.37. The summed E-state index contributed by atoms with van der Waals surface area (Å²) >= 11 is 6.05. The number of ether oxygens (including phenoxy) is 1. The van der Waals surface area contributed by atoms with Gasteiger partial charge in [-0.2, -0.15) is 17.5 Å². The second kappa shape index (κ2) is 8.31. The first kappa shape index (κ1) is 21.6. The number of rotatable bonds is 4. The maximum Gasteiger partial charge on any atom is 0.416 e. The first-order valence-electron chi connectivity index (χ1n) is 8.45. The molecule has 0 radical (unpaired) electrons. The lowest BCUT2D eigenvalue weighted by molar-refractivity contribution is -0.137. The second-order valence-corrected chi connectivity index (χ2v) is 8.51. The lowest BCUT2D eigenvalue weighted by Gasteiger charge is -2.26. The fourth-order valence-corrected chi connectivity index (χ4v) is 4.65. The molecule has 2 aromatic rings. The van der Waals surface area contributed by atoms with Crippen molar-refractivity contribution in [2.75, 3.05) is 31.6 Å². The largest absolute Gasteiger partial charge is 0.416 e. The van der Waals surface area contributed by atoms with E-state index in [1.165, 1.54) is 28.6 Å². The van der Waals surface area contributed by atoms with Crippen molar-refractivity contribution >= 4 is 33.2 Å². The van der Waals surface area contributed by atoms with E-state index in [9.17, 15) is 26.4 Å². The molecule has 1 fully saturated rings. The predicted octanol–water partition coefficient (Wildman–Crippen LogP) is 3.63. The average Bonchev–Trinajstić information content (AvgIpc) is 2.69. The van der Waals surface area contributed by atoms with E-state index in [-0.39, 0.29) is 47.5 Å². The Morgan fingerprint density at radius 1 is 1.10 bits per heavy atom. The number of amides is 1. The molecule has 6 nitrogen and oxygen atoms in total. The molecule has 0 bridgehead atoms. The Bertz CT molecular complexity index is 1020. The quantitative estimate of drug-likeness (QED) is 0.775. The minimum absolute atomic E-state index is 0.0337. The van der Waals surface area contributed by atoms with E-state index in [0.29, 0.717) is 0 Å². The monoisotopic (exact) mass is 448 g/mol. The van der Waals surface area contributed by atoms with E-state index in [1.807, 2.05) is 0 Å². The topological polar surface area (TPSA) is 75.7 Å². The van der Waals surface area contributed by atoms with Crippen LogP contribution in [0, 0.1) is 0 Å². The third-order valence-corrected chi connectivity index (χ3v) is 6.61. The molecule has 1 heterocycles. The highest BCUT2D eigenvalue weighted by molar-refractivity contribution is 7.89. The van der Waals surface area contributed by atoms with Crippen LogP contribution in [-0.4, -0.2) is 44.9 Å². The molecular weight excluding hydrogens is 433 g/mol. The summed E-state index contributed by atoms with van der Waals surface area (Å²) in [5.41, 5.74) is -1.09. The van der Waals surface area contributed by atoms with Crippen LogP contribution in [0.1, 0.15) is 15.9 Å². The molecule has 2 aromatic carbocycles. The maximum absolute atomic E-state index is 12.8. The van der Waals surface area contributed by atoms with Crippen molar-refractivity contribution in [2.45, 2.75) is 11.1 Å². The summed E-state index contributed by atoms with van der Waals surface area (Å²) in [6.07, 6.45) is -4.59. The van der Waals surface area contributed by atoms with Gasteiger partial charge in [0.15, 0.2) is 0 Å². The fraction of sp³-hybridized carbons (Fsp3) is 0.278. The lowest BCUT2D eigenvalue weighted by Crippen LogP contribution is -2.40. The maximum atomic E-state index is 12.8. The summed E-state index contributed by atoms with van der Waals surface area (Å²) in [5.74, 6) is -0.812. The van der Waals surface area contributed by atoms with Gasteiger partial charge < -0.3 is 10.1 Å². The van der Waals surface area contributed by atoms with E-state index in [1.54, 1.807) is 0 Å². The summed E-state index contributed by atoms with van der Waals surface area (Å²) < 4.78 is 70.5. The Balaban J connectivity index is 1.86. The van der Waals surface area contributed by atoms with Crippen LogP contribution in [0.3, 0.4) is 0 Å². The van der Waals surface area contributed by atoms with Gasteiger partial charge in [-0.15, -0.1) is 0 Å². The van der Waals surface area contributed by atoms with Crippen LogP contribution in [0.15, 0.2) is 47.4 Å². The molecule has 156 valence electrons. The Morgan fingerprint density at radius 3 is 2.45 bits per heavy atom. The molecule has 1 aliphatic heterocycles. The van der Waals surface area contributed by atoms with Crippen LogP contribution in [0.2, 0.25) is 5.02 Å². The van der Waals surface area contributed by atoms with E-state index in [4.69, 9.17) is 16.3 Å². The number of carbonyl (C=O) groups excluding carboxylic acids is 1. The number of alkyl halides is 3. The van der Waals surface area contributed by atoms with Crippen molar-refractivity contribution in [3.05, 3.63) is 58.6 Å². The lowest BCUT2D eigenvalue weighted by atomic mass is 10.1. The van der Waals surface area contributed by atoms with E-state index in [2.05, 4.69) is 5.32 Å². The predicted molar refractivity (Wildman–Crippen MR) is 100 cm³/mol. The molecule has 0 spiro atoms. The summed E-state index contributed by atoms with van der Waals surface area (Å²) in [6, 6.07) is 7.77. The number of sulfonamides is 1. The van der Waals surface area contributed by atoms with E-state index in [0.717, 1.165) is 18.2 Å². The van der Waals surface area contributed by atoms with Crippen molar-refractivity contribution in [2.24, 2.45) is 0 Å². The molecule has 11 heteroatoms. The van der Waals surface area contributed by atoms with Gasteiger partial charge in [0.2, 0.25) is 10.0 Å². The number of benzene rings is 2. The van der Waals surface area contributed by atoms with Gasteiger partial charge in [0, 0.05) is 24.3 Å². The fourth-order valence-electron chi connectivity index (χ4n) is 2.74. The van der Waals surface area contributed by atoms with Crippen LogP contribution in [0.4, 0.5) is 18.9 Å². The standard InChI is InChI=1S/C18H16ClF3N2O4S/c19-15-5-4-14(11-16(15)29(26,27)24-6-8-28-9-7-24)23-17(25)12-2-1-3-13(10-12)18(20,21)22/h1-5,10-11H,6-9H2,(H,23,25). The zero-order valence-corrected chi connectivity index (χ0v) is 16.4. The number of halogens is 4. The average molecular weight is 449 g/mol. The number of carbonyl (C=O) groups is 1. The van der Waals surface area contributed by atoms with Crippen LogP contribution < -0.4 is 5.32 Å². The number of morpholine rings is 1. The first-order chi connectivity index (χ1) is 13.6. The molecule has 0 unspecified atom stereocenters. The third-order valence-electron chi connectivity index (χ3n) is 4.23. The second-order valence-electron chi connectivity index (χ2n) is 6.19. The zero-order chi connectivity index (χ0) is 21.2. The highest BCUT2D eigenvalue weighted by Gasteiger charge is 2.31. The summed E-state index contributed by atoms with van der Waals surface area (Å²) in [6.45, 7) is 0.838. The molecule has 0 atom stereocenters. The molecule has 3 rings (SSSR count). The normalized spacial score (nSPS) is 15.9. The molecule has 0 aliphatic carbocycles. The Hall–Kier alpha value is -2.14. The molecule has 0 saturated carbocycles. The highest BCUT2D eigenvalue weighted by atomic mass is 35.5. The van der Waals surface area contributed by atoms with Gasteiger partial charge in [-0.1, -0.05) is 17.7 Å². The molecular formula is C18H16ClF3N2O4S. The molecule has 0 aromatic heterocycles. The van der Waals surface area contributed by atoms with E-state index < -0.39 is 27.7 Å². The van der Waals surface area contributed by atoms with Gasteiger partial charge in [0.05, 0.1) is 23.8 Å². The van der Waals surface area contributed by atoms with Gasteiger partial charge in [-0.05, 0) is 36.4 Å². The molecule has 1 saturated heterocycles. The van der Waals surface area contributed by atoms with Crippen molar-refractivity contribution in [1.29, 1.82) is 0 Å². The number of anilines is 1. The van der Waals surface area contributed by atoms with Crippen LogP contribution in [-0.2, 0) is 20.9 Å². The number of hydrogen-bond donors (Lipinski definition) is 1. The van der Waals surface area contributed by atoms with Crippen LogP contribution >= 0.6 is 11.6 Å². The van der Waals surface area contributed by atoms with Crippen LogP contribution in [0.5, 0.6) is 0 Å².